The van der Waals surface area contributed by atoms with Crippen LogP contribution >= 0.6 is 0 Å². The van der Waals surface area contributed by atoms with Crippen molar-refractivity contribution in [2.45, 2.75) is 50.4 Å². The van der Waals surface area contributed by atoms with E-state index in [1.165, 1.54) is 49.7 Å². The van der Waals surface area contributed by atoms with Gasteiger partial charge in [-0.2, -0.15) is 0 Å². The van der Waals surface area contributed by atoms with Gasteiger partial charge in [-0.25, -0.2) is 0 Å². The Kier molecular flexibility index (Phi) is 3.99. The molecule has 0 amide bonds. The topological polar surface area (TPSA) is 40.5 Å². The molecule has 2 aromatic carbocycles. The summed E-state index contributed by atoms with van der Waals surface area (Å²) in [5.41, 5.74) is 2.62. The van der Waals surface area contributed by atoms with Crippen molar-refractivity contribution >= 4 is 0 Å². The lowest BCUT2D eigenvalue weighted by Crippen LogP contribution is -2.39. The summed E-state index contributed by atoms with van der Waals surface area (Å²) in [6.07, 6.45) is 9.13. The molecule has 0 heterocycles. The third-order valence-electron chi connectivity index (χ3n) is 6.46. The van der Waals surface area contributed by atoms with Crippen molar-refractivity contribution in [2.24, 2.45) is 11.8 Å². The van der Waals surface area contributed by atoms with Crippen LogP contribution in [-0.2, 0) is 5.41 Å². The Hall–Kier alpha value is -1.96. The fourth-order valence-corrected chi connectivity index (χ4v) is 5.17. The minimum Gasteiger partial charge on any atom is -0.508 e. The van der Waals surface area contributed by atoms with Gasteiger partial charge in [-0.05, 0) is 66.5 Å². The van der Waals surface area contributed by atoms with Crippen molar-refractivity contribution in [2.75, 3.05) is 0 Å². The molecule has 2 saturated carbocycles. The molecule has 1 unspecified atom stereocenters. The first kappa shape index (κ1) is 15.6. The molecule has 2 heteroatoms. The molecule has 4 rings (SSSR count). The predicted octanol–water partition coefficient (Wildman–Crippen LogP) is 5.37. The second kappa shape index (κ2) is 6.16. The second-order valence-corrected chi connectivity index (χ2v) is 7.72. The van der Waals surface area contributed by atoms with Crippen LogP contribution < -0.4 is 0 Å². The largest absolute Gasteiger partial charge is 0.508 e. The summed E-state index contributed by atoms with van der Waals surface area (Å²) in [4.78, 5) is 0. The van der Waals surface area contributed by atoms with E-state index in [-0.39, 0.29) is 5.41 Å². The quantitative estimate of drug-likeness (QED) is 0.780. The van der Waals surface area contributed by atoms with Crippen LogP contribution in [0.2, 0.25) is 0 Å². The monoisotopic (exact) mass is 322 g/mol. The third kappa shape index (κ3) is 2.68. The number of benzene rings is 2. The van der Waals surface area contributed by atoms with Crippen LogP contribution in [0.15, 0.2) is 48.5 Å². The molecule has 0 spiro atoms. The van der Waals surface area contributed by atoms with Gasteiger partial charge in [0.05, 0.1) is 0 Å². The van der Waals surface area contributed by atoms with E-state index in [0.29, 0.717) is 11.5 Å². The van der Waals surface area contributed by atoms with E-state index in [1.54, 1.807) is 0 Å². The average Bonchev–Trinajstić information content (AvgIpc) is 2.62. The highest BCUT2D eigenvalue weighted by Gasteiger charge is 2.43. The van der Waals surface area contributed by atoms with Crippen molar-refractivity contribution in [3.8, 4) is 11.5 Å². The Morgan fingerprint density at radius 1 is 0.667 bits per heavy atom. The predicted molar refractivity (Wildman–Crippen MR) is 96.3 cm³/mol. The molecule has 0 aromatic heterocycles. The lowest BCUT2D eigenvalue weighted by molar-refractivity contribution is 0.125. The minimum atomic E-state index is 0.0138. The Bertz CT molecular complexity index is 641. The molecular weight excluding hydrogens is 296 g/mol. The maximum Gasteiger partial charge on any atom is 0.115 e. The SMILES string of the molecule is Oc1ccc(C2(c3ccc(O)cc3)CCC3CCCC[C@H]3C2)cc1. The first-order valence-corrected chi connectivity index (χ1v) is 9.26. The average molecular weight is 322 g/mol. The highest BCUT2D eigenvalue weighted by molar-refractivity contribution is 5.43. The zero-order valence-corrected chi connectivity index (χ0v) is 14.1. The molecule has 2 N–H and O–H groups in total. The molecule has 2 nitrogen and oxygen atoms in total. The van der Waals surface area contributed by atoms with E-state index < -0.39 is 0 Å². The smallest absolute Gasteiger partial charge is 0.115 e. The van der Waals surface area contributed by atoms with Gasteiger partial charge >= 0.3 is 0 Å². The lowest BCUT2D eigenvalue weighted by atomic mass is 9.57. The molecular formula is C22H26O2. The Labute approximate surface area is 144 Å². The number of hydrogen-bond acceptors (Lipinski definition) is 2. The number of phenolic OH excluding ortho intramolecular Hbond substituents is 2. The highest BCUT2D eigenvalue weighted by Crippen LogP contribution is 2.52. The van der Waals surface area contributed by atoms with Gasteiger partial charge in [-0.1, -0.05) is 49.9 Å². The summed E-state index contributed by atoms with van der Waals surface area (Å²) in [5.74, 6) is 2.34. The summed E-state index contributed by atoms with van der Waals surface area (Å²) in [6.45, 7) is 0. The van der Waals surface area contributed by atoms with Crippen LogP contribution in [-0.4, -0.2) is 10.2 Å². The summed E-state index contributed by atoms with van der Waals surface area (Å²) in [5, 5.41) is 19.4. The zero-order valence-electron chi connectivity index (χ0n) is 14.1. The number of hydrogen-bond donors (Lipinski definition) is 2. The van der Waals surface area contributed by atoms with E-state index in [0.717, 1.165) is 18.3 Å². The van der Waals surface area contributed by atoms with Gasteiger partial charge in [0.25, 0.3) is 0 Å². The van der Waals surface area contributed by atoms with Gasteiger partial charge in [-0.3, -0.25) is 0 Å². The molecule has 2 aliphatic rings. The van der Waals surface area contributed by atoms with Crippen LogP contribution in [0, 0.1) is 11.8 Å². The Morgan fingerprint density at radius 2 is 1.17 bits per heavy atom. The zero-order chi connectivity index (χ0) is 16.6. The van der Waals surface area contributed by atoms with Crippen LogP contribution in [0.25, 0.3) is 0 Å². The van der Waals surface area contributed by atoms with Gasteiger partial charge in [0, 0.05) is 5.41 Å². The maximum atomic E-state index is 9.70. The van der Waals surface area contributed by atoms with E-state index >= 15 is 0 Å². The maximum absolute atomic E-state index is 9.70. The standard InChI is InChI=1S/C22H26O2/c23-20-9-5-18(6-10-20)22(19-7-11-21(24)12-8-19)14-13-16-3-1-2-4-17(16)15-22/h5-12,16-17,23-24H,1-4,13-15H2/t16?,17-/m0/s1. The van der Waals surface area contributed by atoms with Gasteiger partial charge < -0.3 is 10.2 Å². The molecule has 2 aliphatic carbocycles. The molecule has 2 fully saturated rings. The van der Waals surface area contributed by atoms with E-state index in [9.17, 15) is 10.2 Å². The fraction of sp³-hybridized carbons (Fsp3) is 0.455. The van der Waals surface area contributed by atoms with Crippen LogP contribution in [0.5, 0.6) is 11.5 Å². The van der Waals surface area contributed by atoms with Crippen LogP contribution in [0.3, 0.4) is 0 Å². The number of fused-ring (bicyclic) bond motifs is 1. The Morgan fingerprint density at radius 3 is 1.71 bits per heavy atom. The third-order valence-corrected chi connectivity index (χ3v) is 6.46. The minimum absolute atomic E-state index is 0.0138. The highest BCUT2D eigenvalue weighted by atomic mass is 16.3. The van der Waals surface area contributed by atoms with Crippen molar-refractivity contribution in [1.29, 1.82) is 0 Å². The summed E-state index contributed by atoms with van der Waals surface area (Å²) in [7, 11) is 0. The van der Waals surface area contributed by atoms with Crippen LogP contribution in [0.4, 0.5) is 0 Å². The lowest BCUT2D eigenvalue weighted by Gasteiger charge is -2.47. The van der Waals surface area contributed by atoms with E-state index in [4.69, 9.17) is 0 Å². The first-order chi connectivity index (χ1) is 11.7. The van der Waals surface area contributed by atoms with E-state index in [1.807, 2.05) is 24.3 Å². The van der Waals surface area contributed by atoms with Crippen molar-refractivity contribution in [1.82, 2.24) is 0 Å². The number of rotatable bonds is 2. The van der Waals surface area contributed by atoms with Gasteiger partial charge in [0.15, 0.2) is 0 Å². The molecule has 0 saturated heterocycles. The molecule has 0 radical (unpaired) electrons. The fourth-order valence-electron chi connectivity index (χ4n) is 5.17. The first-order valence-electron chi connectivity index (χ1n) is 9.26. The summed E-state index contributed by atoms with van der Waals surface area (Å²) >= 11 is 0. The van der Waals surface area contributed by atoms with Crippen molar-refractivity contribution in [3.63, 3.8) is 0 Å². The number of aromatic hydroxyl groups is 2. The molecule has 0 bridgehead atoms. The van der Waals surface area contributed by atoms with E-state index in [2.05, 4.69) is 24.3 Å². The summed E-state index contributed by atoms with van der Waals surface area (Å²) < 4.78 is 0. The van der Waals surface area contributed by atoms with Gasteiger partial charge in [0.1, 0.15) is 11.5 Å². The van der Waals surface area contributed by atoms with Crippen molar-refractivity contribution < 1.29 is 10.2 Å². The van der Waals surface area contributed by atoms with Crippen molar-refractivity contribution in [3.05, 3.63) is 59.7 Å². The molecule has 2 aromatic rings. The Balaban J connectivity index is 1.77. The normalized spacial score (nSPS) is 25.8. The second-order valence-electron chi connectivity index (χ2n) is 7.72. The number of phenols is 2. The van der Waals surface area contributed by atoms with Crippen LogP contribution in [0.1, 0.15) is 56.1 Å². The van der Waals surface area contributed by atoms with Gasteiger partial charge in [-0.15, -0.1) is 0 Å². The summed E-state index contributed by atoms with van der Waals surface area (Å²) in [6, 6.07) is 15.6. The molecule has 24 heavy (non-hydrogen) atoms. The molecule has 126 valence electrons. The molecule has 0 aliphatic heterocycles. The van der Waals surface area contributed by atoms with Gasteiger partial charge in [0.2, 0.25) is 0 Å². The molecule has 2 atom stereocenters.